The van der Waals surface area contributed by atoms with E-state index in [2.05, 4.69) is 26.6 Å². The van der Waals surface area contributed by atoms with Crippen molar-refractivity contribution in [1.82, 2.24) is 39.6 Å². The number of pyridine rings is 1. The van der Waals surface area contributed by atoms with Crippen LogP contribution in [0.25, 0.3) is 28.0 Å². The highest BCUT2D eigenvalue weighted by Gasteiger charge is 2.32. The molecule has 44 heavy (non-hydrogen) atoms. The Morgan fingerprint density at radius 2 is 1.82 bits per heavy atom. The Hall–Kier alpha value is -5.91. The molecule has 5 aromatic rings. The maximum Gasteiger partial charge on any atom is 0.405 e. The van der Waals surface area contributed by atoms with Gasteiger partial charge in [-0.2, -0.15) is 15.5 Å². The lowest BCUT2D eigenvalue weighted by molar-refractivity contribution is -0.133. The van der Waals surface area contributed by atoms with Gasteiger partial charge >= 0.3 is 6.09 Å². The van der Waals surface area contributed by atoms with E-state index in [0.29, 0.717) is 53.0 Å². The summed E-state index contributed by atoms with van der Waals surface area (Å²) in [5.74, 6) is -1.86. The highest BCUT2D eigenvalue weighted by atomic mass is 19.1. The smallest absolute Gasteiger partial charge is 0.405 e. The van der Waals surface area contributed by atoms with E-state index in [1.54, 1.807) is 34.8 Å². The van der Waals surface area contributed by atoms with E-state index in [0.717, 1.165) is 17.7 Å². The van der Waals surface area contributed by atoms with Crippen molar-refractivity contribution in [3.05, 3.63) is 84.1 Å². The fourth-order valence-corrected chi connectivity index (χ4v) is 5.17. The van der Waals surface area contributed by atoms with Gasteiger partial charge in [-0.1, -0.05) is 6.07 Å². The van der Waals surface area contributed by atoms with Gasteiger partial charge in [0.1, 0.15) is 40.6 Å². The molecular formula is C29H24F2N10O3. The molecule has 6 rings (SSSR count). The molecule has 0 bridgehead atoms. The third-order valence-electron chi connectivity index (χ3n) is 7.34. The third-order valence-corrected chi connectivity index (χ3v) is 7.34. The maximum absolute atomic E-state index is 14.4. The minimum atomic E-state index is -1.52. The standard InChI is InChI=1S/C29H24F2N10O3/c1-38-15-19(14-34-38)23-16-41-27(18(11-32)13-35-41)25(36-23)17-2-5-24(33-12-17)39-6-8-40(9-7-39)28(42)26(37-29(43)44)21-4-3-20(30)10-22(21)31/h2-5,10,12-16,26,37H,6-9H2,1H3,(H,43,44). The summed E-state index contributed by atoms with van der Waals surface area (Å²) >= 11 is 0. The Labute approximate surface area is 248 Å². The molecule has 0 saturated carbocycles. The number of halogens is 2. The van der Waals surface area contributed by atoms with Crippen molar-refractivity contribution in [1.29, 1.82) is 5.26 Å². The van der Waals surface area contributed by atoms with Crippen LogP contribution in [0.1, 0.15) is 17.2 Å². The number of aryl methyl sites for hydroxylation is 1. The van der Waals surface area contributed by atoms with Gasteiger partial charge < -0.3 is 20.2 Å². The number of hydrogen-bond donors (Lipinski definition) is 2. The maximum atomic E-state index is 14.4. The SMILES string of the molecule is Cn1cc(-c2cn3ncc(C#N)c3c(-c3ccc(N4CCN(C(=O)C(NC(=O)O)c5ccc(F)cc5F)CC4)nc3)n2)cn1. The van der Waals surface area contributed by atoms with E-state index >= 15 is 0 Å². The molecule has 1 aliphatic heterocycles. The number of nitrogens with one attached hydrogen (secondary N) is 1. The summed E-state index contributed by atoms with van der Waals surface area (Å²) in [6.07, 6.45) is 6.88. The van der Waals surface area contributed by atoms with E-state index in [9.17, 15) is 28.7 Å². The average molecular weight is 599 g/mol. The number of nitrogens with zero attached hydrogens (tertiary/aromatic N) is 9. The molecule has 1 aliphatic rings. The van der Waals surface area contributed by atoms with E-state index in [1.165, 1.54) is 11.1 Å². The minimum absolute atomic E-state index is 0.222. The summed E-state index contributed by atoms with van der Waals surface area (Å²) in [6, 6.07) is 6.93. The molecule has 1 saturated heterocycles. The van der Waals surface area contributed by atoms with Crippen LogP contribution < -0.4 is 10.2 Å². The summed E-state index contributed by atoms with van der Waals surface area (Å²) in [6.45, 7) is 1.20. The highest BCUT2D eigenvalue weighted by molar-refractivity contribution is 5.87. The van der Waals surface area contributed by atoms with Gasteiger partial charge in [-0.3, -0.25) is 9.48 Å². The topological polar surface area (TPSA) is 158 Å². The summed E-state index contributed by atoms with van der Waals surface area (Å²) in [7, 11) is 1.81. The van der Waals surface area contributed by atoms with Crippen molar-refractivity contribution in [2.45, 2.75) is 6.04 Å². The number of hydrogen-bond acceptors (Lipinski definition) is 8. The van der Waals surface area contributed by atoms with Gasteiger partial charge in [-0.05, 0) is 18.2 Å². The number of carbonyl (C=O) groups is 2. The molecule has 1 fully saturated rings. The van der Waals surface area contributed by atoms with Crippen LogP contribution in [0.4, 0.5) is 19.4 Å². The molecule has 4 aromatic heterocycles. The van der Waals surface area contributed by atoms with Crippen molar-refractivity contribution in [2.75, 3.05) is 31.1 Å². The molecule has 0 spiro atoms. The minimum Gasteiger partial charge on any atom is -0.465 e. The second kappa shape index (κ2) is 11.4. The molecule has 13 nitrogen and oxygen atoms in total. The lowest BCUT2D eigenvalue weighted by atomic mass is 10.0. The molecule has 1 atom stereocenters. The first-order valence-corrected chi connectivity index (χ1v) is 13.4. The molecule has 2 N–H and O–H groups in total. The number of carboxylic acid groups (broad SMARTS) is 1. The quantitative estimate of drug-likeness (QED) is 0.300. The van der Waals surface area contributed by atoms with Gasteiger partial charge in [0.05, 0.1) is 30.0 Å². The molecule has 15 heteroatoms. The second-order valence-electron chi connectivity index (χ2n) is 10.1. The number of fused-ring (bicyclic) bond motifs is 1. The first-order chi connectivity index (χ1) is 21.2. The fraction of sp³-hybridized carbons (Fsp3) is 0.207. The Kier molecular flexibility index (Phi) is 7.31. The Balaban J connectivity index is 1.21. The average Bonchev–Trinajstić information content (AvgIpc) is 3.65. The summed E-state index contributed by atoms with van der Waals surface area (Å²) < 4.78 is 31.1. The first kappa shape index (κ1) is 28.2. The predicted octanol–water partition coefficient (Wildman–Crippen LogP) is 3.00. The largest absolute Gasteiger partial charge is 0.465 e. The van der Waals surface area contributed by atoms with Gasteiger partial charge in [0.25, 0.3) is 0 Å². The van der Waals surface area contributed by atoms with E-state index in [4.69, 9.17) is 4.98 Å². The second-order valence-corrected chi connectivity index (χ2v) is 10.1. The van der Waals surface area contributed by atoms with Crippen LogP contribution in [0.5, 0.6) is 0 Å². The summed E-state index contributed by atoms with van der Waals surface area (Å²) in [5.41, 5.74) is 3.25. The van der Waals surface area contributed by atoms with Crippen molar-refractivity contribution >= 4 is 23.3 Å². The normalized spacial score (nSPS) is 14.0. The molecule has 0 radical (unpaired) electrons. The van der Waals surface area contributed by atoms with Crippen molar-refractivity contribution in [3.8, 4) is 28.6 Å². The molecule has 222 valence electrons. The number of nitriles is 1. The lowest BCUT2D eigenvalue weighted by Crippen LogP contribution is -2.52. The summed E-state index contributed by atoms with van der Waals surface area (Å²) in [4.78, 5) is 37.5. The molecular weight excluding hydrogens is 574 g/mol. The van der Waals surface area contributed by atoms with Crippen molar-refractivity contribution < 1.29 is 23.5 Å². The van der Waals surface area contributed by atoms with Crippen LogP contribution in [-0.2, 0) is 11.8 Å². The molecule has 5 heterocycles. The molecule has 1 aromatic carbocycles. The van der Waals surface area contributed by atoms with E-state index in [-0.39, 0.29) is 18.7 Å². The van der Waals surface area contributed by atoms with Crippen LogP contribution in [0.2, 0.25) is 0 Å². The Bertz CT molecular complexity index is 1920. The zero-order valence-corrected chi connectivity index (χ0v) is 23.2. The van der Waals surface area contributed by atoms with Crippen LogP contribution in [0, 0.1) is 23.0 Å². The number of anilines is 1. The third kappa shape index (κ3) is 5.36. The van der Waals surface area contributed by atoms with Crippen LogP contribution in [0.15, 0.2) is 61.3 Å². The molecule has 0 aliphatic carbocycles. The van der Waals surface area contributed by atoms with E-state index < -0.39 is 29.7 Å². The zero-order valence-electron chi connectivity index (χ0n) is 23.2. The number of carbonyl (C=O) groups excluding carboxylic acids is 1. The number of amides is 2. The Morgan fingerprint density at radius 3 is 2.45 bits per heavy atom. The van der Waals surface area contributed by atoms with Crippen LogP contribution in [-0.4, -0.2) is 77.5 Å². The van der Waals surface area contributed by atoms with Gasteiger partial charge in [0.2, 0.25) is 5.91 Å². The monoisotopic (exact) mass is 598 g/mol. The number of piperazine rings is 1. The lowest BCUT2D eigenvalue weighted by Gasteiger charge is -2.37. The fourth-order valence-electron chi connectivity index (χ4n) is 5.17. The van der Waals surface area contributed by atoms with Gasteiger partial charge in [0, 0.05) is 68.4 Å². The molecule has 2 amide bonds. The highest BCUT2D eigenvalue weighted by Crippen LogP contribution is 2.30. The number of rotatable bonds is 6. The Morgan fingerprint density at radius 1 is 1.02 bits per heavy atom. The van der Waals surface area contributed by atoms with Gasteiger partial charge in [-0.15, -0.1) is 0 Å². The van der Waals surface area contributed by atoms with Crippen molar-refractivity contribution in [3.63, 3.8) is 0 Å². The summed E-state index contributed by atoms with van der Waals surface area (Å²) in [5, 5.41) is 29.5. The van der Waals surface area contributed by atoms with Crippen LogP contribution >= 0.6 is 0 Å². The van der Waals surface area contributed by atoms with Gasteiger partial charge in [-0.25, -0.2) is 28.1 Å². The van der Waals surface area contributed by atoms with Crippen LogP contribution in [0.3, 0.4) is 0 Å². The molecule has 1 unspecified atom stereocenters. The van der Waals surface area contributed by atoms with Gasteiger partial charge in [0.15, 0.2) is 0 Å². The van der Waals surface area contributed by atoms with E-state index in [1.807, 2.05) is 23.2 Å². The predicted molar refractivity (Wildman–Crippen MR) is 152 cm³/mol. The zero-order chi connectivity index (χ0) is 31.0. The first-order valence-electron chi connectivity index (χ1n) is 13.4. The number of benzene rings is 1. The van der Waals surface area contributed by atoms with Crippen molar-refractivity contribution in [2.24, 2.45) is 7.05 Å². The number of aromatic nitrogens is 6.